The standard InChI is InChI=1S/C28H24N2OS/c1-15-12-22-23(13-16(15)2)32-26(29-22)30-25(31)27(3)14-21-17-8-4-5-9-18(17)24-19-10-6-7-11-20(19)28(21,24)27/h4-13,21,24H,14H2,1-3H3,(H,29,30,31). The Morgan fingerprint density at radius 1 is 1.00 bits per heavy atom. The van der Waals surface area contributed by atoms with E-state index in [1.54, 1.807) is 11.3 Å². The number of carbonyl (C=O) groups is 1. The molecule has 4 unspecified atom stereocenters. The molecule has 3 aromatic carbocycles. The summed E-state index contributed by atoms with van der Waals surface area (Å²) in [4.78, 5) is 18.6. The van der Waals surface area contributed by atoms with Gasteiger partial charge in [-0.25, -0.2) is 4.98 Å². The smallest absolute Gasteiger partial charge is 0.233 e. The SMILES string of the molecule is Cc1cc2nc(NC(=O)C3(C)CC4c5ccccc5C5c6ccccc6C453)sc2cc1C. The Kier molecular flexibility index (Phi) is 3.41. The van der Waals surface area contributed by atoms with E-state index in [1.807, 2.05) is 0 Å². The van der Waals surface area contributed by atoms with Gasteiger partial charge in [0.2, 0.25) is 5.91 Å². The summed E-state index contributed by atoms with van der Waals surface area (Å²) in [5, 5.41) is 3.94. The first kappa shape index (κ1) is 18.6. The average Bonchev–Trinajstić information content (AvgIpc) is 3.23. The van der Waals surface area contributed by atoms with Crippen LogP contribution in [0.1, 0.15) is 58.6 Å². The van der Waals surface area contributed by atoms with E-state index in [-0.39, 0.29) is 11.3 Å². The van der Waals surface area contributed by atoms with Crippen molar-refractivity contribution in [2.75, 3.05) is 5.32 Å². The highest BCUT2D eigenvalue weighted by Crippen LogP contribution is 2.81. The van der Waals surface area contributed by atoms with Crippen LogP contribution in [0.25, 0.3) is 10.2 Å². The molecule has 1 heterocycles. The Balaban J connectivity index is 1.30. The Labute approximate surface area is 191 Å². The molecule has 1 spiro atoms. The van der Waals surface area contributed by atoms with Crippen molar-refractivity contribution in [2.24, 2.45) is 5.41 Å². The average molecular weight is 437 g/mol. The number of nitrogens with zero attached hydrogens (tertiary/aromatic N) is 1. The van der Waals surface area contributed by atoms with Crippen molar-refractivity contribution in [3.05, 3.63) is 94.0 Å². The Hall–Kier alpha value is -2.98. The fourth-order valence-electron chi connectivity index (χ4n) is 7.05. The second kappa shape index (κ2) is 5.87. The van der Waals surface area contributed by atoms with Crippen LogP contribution < -0.4 is 5.32 Å². The normalized spacial score (nSPS) is 28.7. The van der Waals surface area contributed by atoms with Crippen molar-refractivity contribution >= 4 is 32.6 Å². The number of anilines is 1. The molecular weight excluding hydrogens is 412 g/mol. The zero-order valence-electron chi connectivity index (χ0n) is 18.4. The van der Waals surface area contributed by atoms with Gasteiger partial charge in [0.25, 0.3) is 0 Å². The first-order chi connectivity index (χ1) is 15.4. The van der Waals surface area contributed by atoms with Gasteiger partial charge < -0.3 is 5.32 Å². The maximum Gasteiger partial charge on any atom is 0.233 e. The van der Waals surface area contributed by atoms with E-state index in [1.165, 1.54) is 33.4 Å². The van der Waals surface area contributed by atoms with Gasteiger partial charge >= 0.3 is 0 Å². The summed E-state index contributed by atoms with van der Waals surface area (Å²) < 4.78 is 1.12. The van der Waals surface area contributed by atoms with E-state index in [2.05, 4.69) is 86.8 Å². The summed E-state index contributed by atoms with van der Waals surface area (Å²) in [6.45, 7) is 6.40. The summed E-state index contributed by atoms with van der Waals surface area (Å²) in [7, 11) is 0. The monoisotopic (exact) mass is 436 g/mol. The summed E-state index contributed by atoms with van der Waals surface area (Å²) in [6, 6.07) is 21.9. The molecule has 1 N–H and O–H groups in total. The molecule has 3 aliphatic rings. The lowest BCUT2D eigenvalue weighted by atomic mass is 9.34. The Morgan fingerprint density at radius 2 is 1.69 bits per heavy atom. The lowest BCUT2D eigenvalue weighted by molar-refractivity contribution is -0.143. The van der Waals surface area contributed by atoms with Crippen LogP contribution in [0, 0.1) is 19.3 Å². The molecule has 158 valence electrons. The predicted octanol–water partition coefficient (Wildman–Crippen LogP) is 6.44. The number of benzene rings is 3. The number of fused-ring (bicyclic) bond motifs is 6. The number of hydrogen-bond acceptors (Lipinski definition) is 3. The molecule has 1 aromatic heterocycles. The zero-order chi connectivity index (χ0) is 21.8. The van der Waals surface area contributed by atoms with Gasteiger partial charge in [0, 0.05) is 11.3 Å². The molecule has 4 heteroatoms. The molecule has 1 fully saturated rings. The molecular formula is C28H24N2OS. The van der Waals surface area contributed by atoms with Crippen LogP contribution in [0.2, 0.25) is 0 Å². The number of hydrogen-bond donors (Lipinski definition) is 1. The van der Waals surface area contributed by atoms with Gasteiger partial charge in [0.15, 0.2) is 5.13 Å². The lowest BCUT2D eigenvalue weighted by Crippen LogP contribution is -2.68. The van der Waals surface area contributed by atoms with Crippen molar-refractivity contribution in [1.29, 1.82) is 0 Å². The summed E-state index contributed by atoms with van der Waals surface area (Å²) >= 11 is 1.57. The fourth-order valence-corrected chi connectivity index (χ4v) is 7.99. The van der Waals surface area contributed by atoms with Gasteiger partial charge in [0.1, 0.15) is 0 Å². The van der Waals surface area contributed by atoms with Crippen molar-refractivity contribution in [3.8, 4) is 0 Å². The minimum Gasteiger partial charge on any atom is -0.301 e. The summed E-state index contributed by atoms with van der Waals surface area (Å²) in [6.07, 6.45) is 0.879. The molecule has 0 bridgehead atoms. The summed E-state index contributed by atoms with van der Waals surface area (Å²) in [5.41, 5.74) is 8.46. The van der Waals surface area contributed by atoms with E-state index in [9.17, 15) is 4.79 Å². The van der Waals surface area contributed by atoms with Gasteiger partial charge in [0.05, 0.1) is 15.6 Å². The molecule has 0 saturated heterocycles. The van der Waals surface area contributed by atoms with Gasteiger partial charge in [-0.05, 0) is 78.6 Å². The van der Waals surface area contributed by atoms with Crippen LogP contribution in [0.3, 0.4) is 0 Å². The molecule has 1 amide bonds. The third kappa shape index (κ3) is 1.94. The number of nitrogens with one attached hydrogen (secondary N) is 1. The molecule has 3 aliphatic carbocycles. The highest BCUT2D eigenvalue weighted by atomic mass is 32.1. The second-order valence-corrected chi connectivity index (χ2v) is 11.0. The van der Waals surface area contributed by atoms with Gasteiger partial charge in [-0.15, -0.1) is 0 Å². The highest BCUT2D eigenvalue weighted by Gasteiger charge is 2.78. The number of aromatic nitrogens is 1. The molecule has 32 heavy (non-hydrogen) atoms. The molecule has 7 rings (SSSR count). The Morgan fingerprint density at radius 3 is 2.50 bits per heavy atom. The van der Waals surface area contributed by atoms with Gasteiger partial charge in [-0.2, -0.15) is 0 Å². The van der Waals surface area contributed by atoms with E-state index in [4.69, 9.17) is 4.98 Å². The number of amides is 1. The van der Waals surface area contributed by atoms with Gasteiger partial charge in [-0.3, -0.25) is 4.79 Å². The zero-order valence-corrected chi connectivity index (χ0v) is 19.2. The van der Waals surface area contributed by atoms with Crippen molar-refractivity contribution in [3.63, 3.8) is 0 Å². The third-order valence-electron chi connectivity index (χ3n) is 8.66. The maximum absolute atomic E-state index is 13.9. The molecule has 4 atom stereocenters. The largest absolute Gasteiger partial charge is 0.301 e. The van der Waals surface area contributed by atoms with E-state index in [0.717, 1.165) is 16.6 Å². The minimum atomic E-state index is -0.459. The third-order valence-corrected chi connectivity index (χ3v) is 9.59. The van der Waals surface area contributed by atoms with Gasteiger partial charge in [-0.1, -0.05) is 59.9 Å². The van der Waals surface area contributed by atoms with Crippen molar-refractivity contribution < 1.29 is 4.79 Å². The topological polar surface area (TPSA) is 42.0 Å². The molecule has 0 radical (unpaired) electrons. The minimum absolute atomic E-state index is 0.105. The van der Waals surface area contributed by atoms with E-state index >= 15 is 0 Å². The van der Waals surface area contributed by atoms with Crippen LogP contribution in [0.5, 0.6) is 0 Å². The quantitative estimate of drug-likeness (QED) is 0.393. The summed E-state index contributed by atoms with van der Waals surface area (Å²) in [5.74, 6) is 0.827. The van der Waals surface area contributed by atoms with Crippen molar-refractivity contribution in [1.82, 2.24) is 4.98 Å². The van der Waals surface area contributed by atoms with Crippen LogP contribution in [0.4, 0.5) is 5.13 Å². The Bertz CT molecular complexity index is 1430. The maximum atomic E-state index is 13.9. The molecule has 0 aliphatic heterocycles. The molecule has 4 aromatic rings. The van der Waals surface area contributed by atoms with E-state index in [0.29, 0.717) is 17.0 Å². The van der Waals surface area contributed by atoms with Crippen LogP contribution in [-0.2, 0) is 10.2 Å². The fraction of sp³-hybridized carbons (Fsp3) is 0.286. The number of aryl methyl sites for hydroxylation is 2. The second-order valence-electron chi connectivity index (χ2n) is 9.98. The van der Waals surface area contributed by atoms with E-state index < -0.39 is 5.41 Å². The van der Waals surface area contributed by atoms with Crippen LogP contribution >= 0.6 is 11.3 Å². The van der Waals surface area contributed by atoms with Crippen molar-refractivity contribution in [2.45, 2.75) is 44.4 Å². The van der Waals surface area contributed by atoms with Crippen LogP contribution in [-0.4, -0.2) is 10.9 Å². The number of thiazole rings is 1. The first-order valence-corrected chi connectivity index (χ1v) is 12.1. The predicted molar refractivity (Wildman–Crippen MR) is 130 cm³/mol. The highest BCUT2D eigenvalue weighted by molar-refractivity contribution is 7.22. The lowest BCUT2D eigenvalue weighted by Gasteiger charge is -2.67. The molecule has 1 saturated carbocycles. The number of carbonyl (C=O) groups excluding carboxylic acids is 1. The number of rotatable bonds is 2. The first-order valence-electron chi connectivity index (χ1n) is 11.3. The molecule has 3 nitrogen and oxygen atoms in total. The van der Waals surface area contributed by atoms with Crippen LogP contribution in [0.15, 0.2) is 60.7 Å².